The highest BCUT2D eigenvalue weighted by atomic mass is 19.1. The van der Waals surface area contributed by atoms with Crippen LogP contribution in [0.3, 0.4) is 0 Å². The van der Waals surface area contributed by atoms with Gasteiger partial charge in [0.2, 0.25) is 0 Å². The lowest BCUT2D eigenvalue weighted by Gasteiger charge is -2.61. The third-order valence-electron chi connectivity index (χ3n) is 12.3. The van der Waals surface area contributed by atoms with Gasteiger partial charge in [0.1, 0.15) is 11.6 Å². The van der Waals surface area contributed by atoms with Gasteiger partial charge in [-0.25, -0.2) is 14.4 Å². The third-order valence-corrected chi connectivity index (χ3v) is 12.3. The molecule has 266 valence electrons. The number of ether oxygens (including phenoxy) is 1. The van der Waals surface area contributed by atoms with Gasteiger partial charge in [0.25, 0.3) is 5.56 Å². The Labute approximate surface area is 298 Å². The van der Waals surface area contributed by atoms with Crippen molar-refractivity contribution >= 4 is 33.5 Å². The van der Waals surface area contributed by atoms with Gasteiger partial charge in [-0.05, 0) is 90.3 Å². The number of aromatic nitrogens is 3. The molecule has 1 aliphatic heterocycles. The number of para-hydroxylation sites is 1. The molecule has 0 amide bonds. The van der Waals surface area contributed by atoms with E-state index in [4.69, 9.17) is 9.73 Å². The Morgan fingerprint density at radius 3 is 2.76 bits per heavy atom. The Bertz CT molecular complexity index is 2160. The number of halogens is 1. The van der Waals surface area contributed by atoms with Crippen LogP contribution in [0, 0.1) is 29.0 Å². The van der Waals surface area contributed by atoms with Crippen LogP contribution in [0.25, 0.3) is 21.8 Å². The first-order valence-corrected chi connectivity index (χ1v) is 18.4. The minimum atomic E-state index is -0.346. The fourth-order valence-electron chi connectivity index (χ4n) is 8.99. The quantitative estimate of drug-likeness (QED) is 0.125. The predicted molar refractivity (Wildman–Crippen MR) is 202 cm³/mol. The van der Waals surface area contributed by atoms with Crippen molar-refractivity contribution in [2.45, 2.75) is 65.1 Å². The van der Waals surface area contributed by atoms with Gasteiger partial charge in [-0.15, -0.1) is 0 Å². The Morgan fingerprint density at radius 2 is 1.96 bits per heavy atom. The second-order valence-electron chi connectivity index (χ2n) is 15.4. The molecule has 4 fully saturated rings. The molecule has 1 saturated heterocycles. The van der Waals surface area contributed by atoms with Gasteiger partial charge in [-0.3, -0.25) is 9.36 Å². The minimum Gasteiger partial charge on any atom is -0.497 e. The molecule has 9 rings (SSSR count). The molecular weight excluding hydrogens is 641 g/mol. The number of hydrogen-bond donors (Lipinski definition) is 3. The third kappa shape index (κ3) is 6.39. The summed E-state index contributed by atoms with van der Waals surface area (Å²) in [5, 5.41) is 9.27. The monoisotopic (exact) mass is 689 g/mol. The van der Waals surface area contributed by atoms with E-state index in [9.17, 15) is 9.18 Å². The Morgan fingerprint density at radius 1 is 1.10 bits per heavy atom. The molecule has 3 aliphatic carbocycles. The molecule has 3 N–H and O–H groups in total. The maximum Gasteiger partial charge on any atom is 0.261 e. The maximum atomic E-state index is 14.6. The first-order chi connectivity index (χ1) is 24.7. The summed E-state index contributed by atoms with van der Waals surface area (Å²) in [5.74, 6) is 2.92. The SMILES string of the molecule is COc1ccc(CCn2cnc3cc(NC(=N[C@H]4C[C@H]5C[C@H]([C@H]4C)C5(C)C)N4CCN[C@@H](Cc5c[nH]c6ccccc56)C4)ccc3c2=O)c(F)c1. The molecule has 51 heavy (non-hydrogen) atoms. The van der Waals surface area contributed by atoms with Gasteiger partial charge in [0, 0.05) is 61.1 Å². The summed E-state index contributed by atoms with van der Waals surface area (Å²) in [5.41, 5.74) is 4.72. The van der Waals surface area contributed by atoms with Crippen molar-refractivity contribution in [3.8, 4) is 5.75 Å². The van der Waals surface area contributed by atoms with Gasteiger partial charge in [0.15, 0.2) is 5.96 Å². The van der Waals surface area contributed by atoms with E-state index in [1.807, 2.05) is 18.2 Å². The molecule has 3 aromatic carbocycles. The zero-order valence-corrected chi connectivity index (χ0v) is 30.0. The lowest BCUT2D eigenvalue weighted by Crippen LogP contribution is -2.58. The maximum absolute atomic E-state index is 14.6. The number of methoxy groups -OCH3 is 1. The van der Waals surface area contributed by atoms with Gasteiger partial charge in [0.05, 0.1) is 30.4 Å². The Hall–Kier alpha value is -4.70. The number of nitrogens with one attached hydrogen (secondary N) is 3. The fraction of sp³-hybridized carbons (Fsp3) is 0.439. The van der Waals surface area contributed by atoms with Crippen LogP contribution in [0.5, 0.6) is 5.75 Å². The highest BCUT2D eigenvalue weighted by Gasteiger charge is 2.56. The van der Waals surface area contributed by atoms with Crippen molar-refractivity contribution in [3.63, 3.8) is 0 Å². The number of nitrogens with zero attached hydrogens (tertiary/aromatic N) is 4. The van der Waals surface area contributed by atoms with E-state index >= 15 is 0 Å². The zero-order chi connectivity index (χ0) is 35.3. The number of hydrogen-bond acceptors (Lipinski definition) is 5. The van der Waals surface area contributed by atoms with Crippen molar-refractivity contribution in [1.82, 2.24) is 24.8 Å². The molecule has 3 saturated carbocycles. The van der Waals surface area contributed by atoms with Crippen LogP contribution in [0.4, 0.5) is 10.1 Å². The van der Waals surface area contributed by atoms with E-state index in [-0.39, 0.29) is 23.5 Å². The summed E-state index contributed by atoms with van der Waals surface area (Å²) in [6, 6.07) is 19.5. The number of aliphatic imine (C=N–C) groups is 1. The normalized spacial score (nSPS) is 24.5. The molecule has 5 atom stereocenters. The molecule has 5 aromatic rings. The van der Waals surface area contributed by atoms with Crippen LogP contribution in [0.2, 0.25) is 0 Å². The lowest BCUT2D eigenvalue weighted by molar-refractivity contribution is -0.108. The summed E-state index contributed by atoms with van der Waals surface area (Å²) in [6.07, 6.45) is 7.42. The number of benzene rings is 3. The topological polar surface area (TPSA) is 99.6 Å². The molecule has 3 heterocycles. The number of rotatable bonds is 8. The minimum absolute atomic E-state index is 0.144. The average Bonchev–Trinajstić information content (AvgIpc) is 3.54. The van der Waals surface area contributed by atoms with E-state index in [0.717, 1.165) is 44.1 Å². The van der Waals surface area contributed by atoms with E-state index in [1.54, 1.807) is 23.0 Å². The number of guanidine groups is 1. The molecule has 10 heteroatoms. The average molecular weight is 690 g/mol. The summed E-state index contributed by atoms with van der Waals surface area (Å²) in [4.78, 5) is 29.5. The summed E-state index contributed by atoms with van der Waals surface area (Å²) >= 11 is 0. The Kier molecular flexibility index (Phi) is 8.82. The van der Waals surface area contributed by atoms with Crippen LogP contribution >= 0.6 is 0 Å². The molecule has 0 unspecified atom stereocenters. The van der Waals surface area contributed by atoms with Crippen molar-refractivity contribution in [3.05, 3.63) is 100 Å². The molecule has 0 spiro atoms. The van der Waals surface area contributed by atoms with E-state index in [0.29, 0.717) is 58.4 Å². The van der Waals surface area contributed by atoms with Crippen LogP contribution < -0.4 is 20.9 Å². The van der Waals surface area contributed by atoms with Gasteiger partial charge in [-0.2, -0.15) is 0 Å². The van der Waals surface area contributed by atoms with Gasteiger partial charge < -0.3 is 25.3 Å². The number of piperazine rings is 1. The van der Waals surface area contributed by atoms with Crippen molar-refractivity contribution in [2.24, 2.45) is 28.2 Å². The number of fused-ring (bicyclic) bond motifs is 4. The highest BCUT2D eigenvalue weighted by molar-refractivity contribution is 5.96. The highest BCUT2D eigenvalue weighted by Crippen LogP contribution is 2.61. The van der Waals surface area contributed by atoms with Crippen molar-refractivity contribution < 1.29 is 9.13 Å². The molecule has 0 radical (unpaired) electrons. The second-order valence-corrected chi connectivity index (χ2v) is 15.4. The second kappa shape index (κ2) is 13.5. The van der Waals surface area contributed by atoms with Crippen LogP contribution in [0.15, 0.2) is 83.0 Å². The van der Waals surface area contributed by atoms with E-state index in [1.165, 1.54) is 36.1 Å². The van der Waals surface area contributed by atoms with Gasteiger partial charge in [-0.1, -0.05) is 45.0 Å². The van der Waals surface area contributed by atoms with Gasteiger partial charge >= 0.3 is 0 Å². The molecule has 9 nitrogen and oxygen atoms in total. The largest absolute Gasteiger partial charge is 0.497 e. The lowest BCUT2D eigenvalue weighted by atomic mass is 9.45. The summed E-state index contributed by atoms with van der Waals surface area (Å²) in [7, 11) is 1.51. The molecular formula is C41H48FN7O2. The molecule has 2 bridgehead atoms. The number of H-pyrrole nitrogens is 1. The smallest absolute Gasteiger partial charge is 0.261 e. The first-order valence-electron chi connectivity index (χ1n) is 18.4. The Balaban J connectivity index is 1.04. The summed E-state index contributed by atoms with van der Waals surface area (Å²) < 4.78 is 21.2. The molecule has 2 aromatic heterocycles. The van der Waals surface area contributed by atoms with E-state index < -0.39 is 0 Å². The standard InChI is InChI=1S/C41H48FN7O2/c1-25-34-18-28(41(34,2)3)19-37(25)47-40(48-16-14-43-30(23-48)17-27-22-44-36-8-6-5-7-32(27)36)46-29-10-12-33-38(20-29)45-24-49(39(33)50)15-13-26-9-11-31(51-4)21-35(26)42/h5-12,20-22,24-25,28,30,34,37,43-44H,13-19,23H2,1-4H3,(H,46,47)/t25-,28-,30+,34-,37+/m1/s1. The zero-order valence-electron chi connectivity index (χ0n) is 30.0. The van der Waals surface area contributed by atoms with Crippen LogP contribution in [-0.2, 0) is 19.4 Å². The van der Waals surface area contributed by atoms with Crippen LogP contribution in [0.1, 0.15) is 44.7 Å². The number of anilines is 1. The van der Waals surface area contributed by atoms with Crippen molar-refractivity contribution in [2.75, 3.05) is 32.1 Å². The fourth-order valence-corrected chi connectivity index (χ4v) is 8.99. The number of aromatic amines is 1. The van der Waals surface area contributed by atoms with Crippen LogP contribution in [-0.4, -0.2) is 64.2 Å². The predicted octanol–water partition coefficient (Wildman–Crippen LogP) is 6.62. The first kappa shape index (κ1) is 33.4. The van der Waals surface area contributed by atoms with E-state index in [2.05, 4.69) is 76.7 Å². The summed E-state index contributed by atoms with van der Waals surface area (Å²) in [6.45, 7) is 10.1. The number of aryl methyl sites for hydroxylation is 2. The molecule has 4 aliphatic rings. The van der Waals surface area contributed by atoms with Crippen molar-refractivity contribution in [1.29, 1.82) is 0 Å².